The van der Waals surface area contributed by atoms with Crippen LogP contribution in [0.25, 0.3) is 11.0 Å². The van der Waals surface area contributed by atoms with Crippen molar-refractivity contribution in [2.45, 2.75) is 44.2 Å². The average molecular weight is 386 g/mol. The van der Waals surface area contributed by atoms with Gasteiger partial charge in [0.05, 0.1) is 16.6 Å². The Kier molecular flexibility index (Phi) is 4.87. The number of alkyl halides is 3. The van der Waals surface area contributed by atoms with E-state index in [2.05, 4.69) is 16.0 Å². The minimum atomic E-state index is -4.32. The normalized spacial score (nSPS) is 18.1. The zero-order valence-corrected chi connectivity index (χ0v) is 15.3. The molecule has 0 radical (unpaired) electrons. The van der Waals surface area contributed by atoms with E-state index in [0.29, 0.717) is 12.0 Å². The van der Waals surface area contributed by atoms with Crippen LogP contribution >= 0.6 is 0 Å². The van der Waals surface area contributed by atoms with Crippen LogP contribution in [0.5, 0.6) is 5.75 Å². The monoisotopic (exact) mass is 386 g/mol. The number of H-pyrrole nitrogens is 1. The molecule has 1 atom stereocenters. The molecule has 1 aliphatic rings. The standard InChI is InChI=1S/C22H21F3N2O/c23-22(24,25)17-7-3-5-15(12-17)10-14-4-1-2-6-16(11-14)21-26-19-9-8-18(28)13-20(19)27-21/h3,5,7-9,11-13,16,28H,1-2,4,6,10H2,(H,26,27). The molecule has 0 amide bonds. The van der Waals surface area contributed by atoms with Gasteiger partial charge < -0.3 is 10.1 Å². The number of imidazole rings is 1. The van der Waals surface area contributed by atoms with E-state index in [1.807, 2.05) is 0 Å². The van der Waals surface area contributed by atoms with Gasteiger partial charge in [0, 0.05) is 12.0 Å². The molecule has 1 unspecified atom stereocenters. The number of aromatic hydroxyl groups is 1. The van der Waals surface area contributed by atoms with E-state index >= 15 is 0 Å². The lowest BCUT2D eigenvalue weighted by Crippen LogP contribution is -2.05. The maximum atomic E-state index is 13.0. The second kappa shape index (κ2) is 7.34. The van der Waals surface area contributed by atoms with Crippen molar-refractivity contribution in [3.8, 4) is 5.75 Å². The summed E-state index contributed by atoms with van der Waals surface area (Å²) in [5.74, 6) is 1.12. The first kappa shape index (κ1) is 18.6. The van der Waals surface area contributed by atoms with Crippen LogP contribution in [0.1, 0.15) is 48.6 Å². The topological polar surface area (TPSA) is 48.9 Å². The fraction of sp³-hybridized carbons (Fsp3) is 0.318. The highest BCUT2D eigenvalue weighted by Gasteiger charge is 2.30. The van der Waals surface area contributed by atoms with Crippen molar-refractivity contribution >= 4 is 11.0 Å². The summed E-state index contributed by atoms with van der Waals surface area (Å²) in [6.45, 7) is 0. The molecule has 0 aliphatic heterocycles. The Bertz CT molecular complexity index is 1020. The Hall–Kier alpha value is -2.76. The number of benzene rings is 2. The molecule has 0 bridgehead atoms. The fourth-order valence-corrected chi connectivity index (χ4v) is 3.84. The molecule has 3 aromatic rings. The van der Waals surface area contributed by atoms with Gasteiger partial charge >= 0.3 is 6.18 Å². The van der Waals surface area contributed by atoms with E-state index in [4.69, 9.17) is 0 Å². The van der Waals surface area contributed by atoms with Crippen molar-refractivity contribution in [3.05, 3.63) is 71.1 Å². The summed E-state index contributed by atoms with van der Waals surface area (Å²) in [5.41, 5.74) is 2.80. The van der Waals surface area contributed by atoms with Crippen LogP contribution in [0.2, 0.25) is 0 Å². The smallest absolute Gasteiger partial charge is 0.416 e. The van der Waals surface area contributed by atoms with Crippen molar-refractivity contribution in [1.82, 2.24) is 9.97 Å². The van der Waals surface area contributed by atoms with Crippen molar-refractivity contribution in [1.29, 1.82) is 0 Å². The molecule has 1 aliphatic carbocycles. The van der Waals surface area contributed by atoms with E-state index in [9.17, 15) is 18.3 Å². The van der Waals surface area contributed by atoms with Crippen molar-refractivity contribution in [2.24, 2.45) is 0 Å². The van der Waals surface area contributed by atoms with Gasteiger partial charge in [-0.15, -0.1) is 0 Å². The highest BCUT2D eigenvalue weighted by Crippen LogP contribution is 2.33. The van der Waals surface area contributed by atoms with Crippen LogP contribution in [0.15, 0.2) is 54.1 Å². The molecule has 0 saturated heterocycles. The zero-order valence-electron chi connectivity index (χ0n) is 15.3. The van der Waals surface area contributed by atoms with E-state index in [0.717, 1.165) is 54.2 Å². The summed E-state index contributed by atoms with van der Waals surface area (Å²) < 4.78 is 38.9. The van der Waals surface area contributed by atoms with Crippen LogP contribution in [0, 0.1) is 0 Å². The van der Waals surface area contributed by atoms with Gasteiger partial charge in [-0.1, -0.05) is 36.3 Å². The third-order valence-electron chi connectivity index (χ3n) is 5.22. The molecule has 4 rings (SSSR count). The van der Waals surface area contributed by atoms with Gasteiger partial charge in [0.1, 0.15) is 11.6 Å². The third kappa shape index (κ3) is 4.06. The molecule has 1 heterocycles. The lowest BCUT2D eigenvalue weighted by molar-refractivity contribution is -0.137. The van der Waals surface area contributed by atoms with Gasteiger partial charge in [-0.3, -0.25) is 0 Å². The molecule has 6 heteroatoms. The maximum Gasteiger partial charge on any atom is 0.416 e. The number of phenols is 1. The number of phenolic OH excluding ortho intramolecular Hbond substituents is 1. The molecule has 146 valence electrons. The summed E-state index contributed by atoms with van der Waals surface area (Å²) in [4.78, 5) is 7.93. The largest absolute Gasteiger partial charge is 0.508 e. The lowest BCUT2D eigenvalue weighted by Gasteiger charge is -2.11. The van der Waals surface area contributed by atoms with Crippen LogP contribution in [-0.2, 0) is 12.6 Å². The molecule has 0 saturated carbocycles. The highest BCUT2D eigenvalue weighted by atomic mass is 19.4. The number of aromatic amines is 1. The van der Waals surface area contributed by atoms with Crippen LogP contribution in [0.3, 0.4) is 0 Å². The number of rotatable bonds is 3. The third-order valence-corrected chi connectivity index (χ3v) is 5.22. The number of allylic oxidation sites excluding steroid dienone is 2. The number of halogens is 3. The Balaban J connectivity index is 1.60. The van der Waals surface area contributed by atoms with Crippen molar-refractivity contribution in [3.63, 3.8) is 0 Å². The molecule has 3 nitrogen and oxygen atoms in total. The minimum absolute atomic E-state index is 0.0952. The van der Waals surface area contributed by atoms with Crippen molar-refractivity contribution in [2.75, 3.05) is 0 Å². The van der Waals surface area contributed by atoms with Gasteiger partial charge in [-0.2, -0.15) is 13.2 Å². The Labute approximate surface area is 160 Å². The number of hydrogen-bond acceptors (Lipinski definition) is 2. The molecule has 28 heavy (non-hydrogen) atoms. The Morgan fingerprint density at radius 1 is 1.11 bits per heavy atom. The van der Waals surface area contributed by atoms with E-state index in [-0.39, 0.29) is 11.7 Å². The fourth-order valence-electron chi connectivity index (χ4n) is 3.84. The Morgan fingerprint density at radius 2 is 1.96 bits per heavy atom. The Morgan fingerprint density at radius 3 is 2.79 bits per heavy atom. The molecular weight excluding hydrogens is 365 g/mol. The molecule has 1 aromatic heterocycles. The second-order valence-corrected chi connectivity index (χ2v) is 7.38. The second-order valence-electron chi connectivity index (χ2n) is 7.38. The van der Waals surface area contributed by atoms with Crippen LogP contribution in [0.4, 0.5) is 13.2 Å². The predicted octanol–water partition coefficient (Wildman–Crippen LogP) is 6.11. The first-order chi connectivity index (χ1) is 13.4. The first-order valence-electron chi connectivity index (χ1n) is 9.43. The SMILES string of the molecule is Oc1ccc2nc(C3C=C(Cc4cccc(C(F)(F)F)c4)CCCC3)[nH]c2c1. The van der Waals surface area contributed by atoms with E-state index < -0.39 is 11.7 Å². The molecule has 0 fully saturated rings. The summed E-state index contributed by atoms with van der Waals surface area (Å²) in [6, 6.07) is 10.6. The zero-order chi connectivity index (χ0) is 19.7. The van der Waals surface area contributed by atoms with Crippen LogP contribution in [-0.4, -0.2) is 15.1 Å². The summed E-state index contributed by atoms with van der Waals surface area (Å²) in [7, 11) is 0. The number of nitrogens with zero attached hydrogens (tertiary/aromatic N) is 1. The molecule has 2 N–H and O–H groups in total. The summed E-state index contributed by atoms with van der Waals surface area (Å²) >= 11 is 0. The first-order valence-corrected chi connectivity index (χ1v) is 9.43. The number of nitrogens with one attached hydrogen (secondary N) is 1. The average Bonchev–Trinajstić information content (AvgIpc) is 2.92. The number of fused-ring (bicyclic) bond motifs is 1. The summed E-state index contributed by atoms with van der Waals surface area (Å²) in [6.07, 6.45) is 2.23. The summed E-state index contributed by atoms with van der Waals surface area (Å²) in [5, 5.41) is 9.64. The van der Waals surface area contributed by atoms with Gasteiger partial charge in [-0.05, 0) is 49.4 Å². The van der Waals surface area contributed by atoms with Crippen LogP contribution < -0.4 is 0 Å². The highest BCUT2D eigenvalue weighted by molar-refractivity contribution is 5.76. The van der Waals surface area contributed by atoms with Gasteiger partial charge in [0.2, 0.25) is 0 Å². The molecule has 0 spiro atoms. The molecule has 2 aromatic carbocycles. The quantitative estimate of drug-likeness (QED) is 0.533. The number of hydrogen-bond donors (Lipinski definition) is 2. The van der Waals surface area contributed by atoms with Gasteiger partial charge in [0.25, 0.3) is 0 Å². The predicted molar refractivity (Wildman–Crippen MR) is 102 cm³/mol. The molecular formula is C22H21F3N2O. The lowest BCUT2D eigenvalue weighted by atomic mass is 9.97. The maximum absolute atomic E-state index is 13.0. The number of aromatic nitrogens is 2. The van der Waals surface area contributed by atoms with Gasteiger partial charge in [-0.25, -0.2) is 4.98 Å². The minimum Gasteiger partial charge on any atom is -0.508 e. The van der Waals surface area contributed by atoms with Crippen molar-refractivity contribution < 1.29 is 18.3 Å². The van der Waals surface area contributed by atoms with E-state index in [1.54, 1.807) is 24.3 Å². The van der Waals surface area contributed by atoms with Gasteiger partial charge in [0.15, 0.2) is 0 Å². The van der Waals surface area contributed by atoms with E-state index in [1.165, 1.54) is 12.1 Å².